The lowest BCUT2D eigenvalue weighted by Gasteiger charge is -2.33. The maximum atomic E-state index is 12.8. The summed E-state index contributed by atoms with van der Waals surface area (Å²) < 4.78 is 10.5. The number of anilines is 1. The fourth-order valence-electron chi connectivity index (χ4n) is 12.7. The minimum Gasteiger partial charge on any atom is -0.308 e. The minimum atomic E-state index is -0.164. The molecule has 0 spiro atoms. The number of hydrogen-bond acceptors (Lipinski definition) is 5. The van der Waals surface area contributed by atoms with Crippen LogP contribution in [0.15, 0.2) is 207 Å². The van der Waals surface area contributed by atoms with Gasteiger partial charge in [-0.05, 0) is 89.4 Å². The van der Waals surface area contributed by atoms with Crippen LogP contribution in [-0.2, 0) is 11.8 Å². The number of hydrogen-bond donors (Lipinski definition) is 0. The van der Waals surface area contributed by atoms with Crippen LogP contribution in [0.25, 0.3) is 118 Å². The largest absolute Gasteiger partial charge is 0.308 e. The lowest BCUT2D eigenvalue weighted by molar-refractivity contribution is 0.591. The number of aromatic nitrogens is 3. The van der Waals surface area contributed by atoms with E-state index in [1.165, 1.54) is 15.6 Å². The van der Waals surface area contributed by atoms with Crippen LogP contribution in [0.1, 0.15) is 68.2 Å². The third kappa shape index (κ3) is 7.06. The number of aryl methyl sites for hydroxylation is 1. The third-order valence-corrected chi connectivity index (χ3v) is 18.7. The Kier molecular flexibility index (Phi) is 11.4. The number of benzene rings is 9. The molecule has 384 valence electrons. The Balaban J connectivity index is 1.30. The third-order valence-electron chi connectivity index (χ3n) is 16.2. The molecule has 0 saturated heterocycles. The summed E-state index contributed by atoms with van der Waals surface area (Å²) >= 11 is 3.47. The van der Waals surface area contributed by atoms with Crippen LogP contribution in [-0.4, -0.2) is 13.7 Å². The molecule has 8 heteroatoms. The van der Waals surface area contributed by atoms with Crippen molar-refractivity contribution in [3.63, 3.8) is 0 Å². The molecule has 0 N–H and O–H groups in total. The Morgan fingerprint density at radius 3 is 1.51 bits per heavy atom. The van der Waals surface area contributed by atoms with E-state index >= 15 is 0 Å². The molecule has 0 unspecified atom stereocenters. The maximum Gasteiger partial charge on any atom is 0.104 e. The average Bonchev–Trinajstić information content (AvgIpc) is 4.41. The van der Waals surface area contributed by atoms with Crippen LogP contribution in [0.2, 0.25) is 0 Å². The second-order valence-corrected chi connectivity index (χ2v) is 23.8. The standard InChI is InChI=1S/C72H54N6S2/c1-8-10-23-43(3)75(44(4)70-46(9-2)51-28-15-21-34-63(51)79-70)65-56(41-73)66(76-58-30-17-11-24-47(58)48-25-12-18-31-59(48)76)69(67(57(65)42-74)77-60-32-19-13-26-49(60)50-27-14-20-33-61(50)77)78-62-39-36-45(72(5,6)7)40-55(62)53-37-38-54-52-29-16-22-35-64(52)80-71(54)68(53)78/h10-40H,3-4,8-9H2,1-2,5-7H3/b23-10-. The maximum absolute atomic E-state index is 12.8. The Morgan fingerprint density at radius 2 is 1.00 bits per heavy atom. The van der Waals surface area contributed by atoms with Gasteiger partial charge in [-0.1, -0.05) is 181 Å². The van der Waals surface area contributed by atoms with Crippen LogP contribution < -0.4 is 4.90 Å². The highest BCUT2D eigenvalue weighted by atomic mass is 32.1. The summed E-state index contributed by atoms with van der Waals surface area (Å²) in [6.07, 6.45) is 5.59. The second-order valence-electron chi connectivity index (χ2n) is 21.7. The number of thiophene rings is 2. The quantitative estimate of drug-likeness (QED) is 0.128. The zero-order chi connectivity index (χ0) is 54.7. The van der Waals surface area contributed by atoms with Crippen molar-refractivity contribution in [2.24, 2.45) is 0 Å². The van der Waals surface area contributed by atoms with Gasteiger partial charge in [0.2, 0.25) is 0 Å². The van der Waals surface area contributed by atoms with E-state index in [0.717, 1.165) is 109 Å². The van der Waals surface area contributed by atoms with Crippen LogP contribution >= 0.6 is 22.7 Å². The summed E-state index contributed by atoms with van der Waals surface area (Å²) in [7, 11) is 0. The van der Waals surface area contributed by atoms with Gasteiger partial charge >= 0.3 is 0 Å². The number of nitriles is 2. The molecular formula is C72H54N6S2. The normalized spacial score (nSPS) is 12.2. The van der Waals surface area contributed by atoms with Crippen molar-refractivity contribution in [3.8, 4) is 29.2 Å². The first kappa shape index (κ1) is 48.9. The Hall–Kier alpha value is -9.44. The van der Waals surface area contributed by atoms with Crippen molar-refractivity contribution >= 4 is 130 Å². The Labute approximate surface area is 472 Å². The van der Waals surface area contributed by atoms with Crippen molar-refractivity contribution in [2.45, 2.75) is 52.9 Å². The molecule has 14 rings (SSSR count). The average molecular weight is 1070 g/mol. The van der Waals surface area contributed by atoms with Gasteiger partial charge in [-0.25, -0.2) is 0 Å². The van der Waals surface area contributed by atoms with Gasteiger partial charge in [-0.2, -0.15) is 10.5 Å². The number of nitrogens with zero attached hydrogens (tertiary/aromatic N) is 6. The predicted molar refractivity (Wildman–Crippen MR) is 342 cm³/mol. The molecule has 0 bridgehead atoms. The van der Waals surface area contributed by atoms with E-state index in [9.17, 15) is 10.5 Å². The van der Waals surface area contributed by atoms with E-state index in [-0.39, 0.29) is 5.41 Å². The molecule has 0 aliphatic rings. The monoisotopic (exact) mass is 1070 g/mol. The lowest BCUT2D eigenvalue weighted by atomic mass is 9.86. The van der Waals surface area contributed by atoms with E-state index in [4.69, 9.17) is 13.2 Å². The SMILES string of the molecule is C=C(/C=C\CC)N(C(=C)c1sc2ccccc2c1CC)c1c(C#N)c(-n2c3ccccc3c3ccccc32)c(-n2c3ccc(C(C)(C)C)cc3c3ccc4c5ccccc5sc4c32)c(-n2c3ccccc3c3ccccc32)c1C#N. The van der Waals surface area contributed by atoms with Gasteiger partial charge in [-0.15, -0.1) is 22.7 Å². The van der Waals surface area contributed by atoms with Gasteiger partial charge in [0, 0.05) is 58.2 Å². The first-order chi connectivity index (χ1) is 39.1. The molecule has 80 heavy (non-hydrogen) atoms. The summed E-state index contributed by atoms with van der Waals surface area (Å²) in [4.78, 5) is 3.00. The number of rotatable bonds is 10. The van der Waals surface area contributed by atoms with E-state index in [1.807, 2.05) is 11.0 Å². The molecule has 6 nitrogen and oxygen atoms in total. The van der Waals surface area contributed by atoms with E-state index in [1.54, 1.807) is 22.7 Å². The highest BCUT2D eigenvalue weighted by Gasteiger charge is 2.37. The van der Waals surface area contributed by atoms with Crippen LogP contribution in [0.3, 0.4) is 0 Å². The molecule has 9 aromatic carbocycles. The second kappa shape index (κ2) is 18.6. The molecule has 0 aliphatic heterocycles. The molecule has 5 heterocycles. The topological polar surface area (TPSA) is 65.6 Å². The van der Waals surface area contributed by atoms with Crippen molar-refractivity contribution in [1.29, 1.82) is 10.5 Å². The first-order valence-electron chi connectivity index (χ1n) is 27.3. The van der Waals surface area contributed by atoms with Gasteiger partial charge in [-0.3, -0.25) is 0 Å². The summed E-state index contributed by atoms with van der Waals surface area (Å²) in [6, 6.07) is 68.4. The van der Waals surface area contributed by atoms with Crippen molar-refractivity contribution in [2.75, 3.05) is 4.90 Å². The smallest absolute Gasteiger partial charge is 0.104 e. The zero-order valence-electron chi connectivity index (χ0n) is 45.2. The van der Waals surface area contributed by atoms with E-state index < -0.39 is 0 Å². The molecular weight excluding hydrogens is 1010 g/mol. The summed E-state index contributed by atoms with van der Waals surface area (Å²) in [6.45, 7) is 20.9. The van der Waals surface area contributed by atoms with Crippen LogP contribution in [0.5, 0.6) is 0 Å². The highest BCUT2D eigenvalue weighted by molar-refractivity contribution is 7.26. The lowest BCUT2D eigenvalue weighted by Crippen LogP contribution is -2.24. The zero-order valence-corrected chi connectivity index (χ0v) is 46.9. The number of fused-ring (bicyclic) bond motifs is 14. The minimum absolute atomic E-state index is 0.164. The molecule has 0 saturated carbocycles. The Bertz CT molecular complexity index is 4840. The molecule has 0 fully saturated rings. The van der Waals surface area contributed by atoms with Gasteiger partial charge in [0.15, 0.2) is 0 Å². The molecule has 0 atom stereocenters. The van der Waals surface area contributed by atoms with Crippen LogP contribution in [0, 0.1) is 22.7 Å². The van der Waals surface area contributed by atoms with Crippen molar-refractivity contribution in [1.82, 2.24) is 13.7 Å². The van der Waals surface area contributed by atoms with Crippen LogP contribution in [0.4, 0.5) is 5.69 Å². The summed E-state index contributed by atoms with van der Waals surface area (Å²) in [5.74, 6) is 0. The predicted octanol–water partition coefficient (Wildman–Crippen LogP) is 20.1. The van der Waals surface area contributed by atoms with Crippen molar-refractivity contribution < 1.29 is 0 Å². The number of allylic oxidation sites excluding steroid dienone is 2. The molecule has 5 aromatic heterocycles. The summed E-state index contributed by atoms with van der Waals surface area (Å²) in [5, 5.41) is 35.3. The Morgan fingerprint density at radius 1 is 0.525 bits per heavy atom. The fourth-order valence-corrected chi connectivity index (χ4v) is 15.1. The highest BCUT2D eigenvalue weighted by Crippen LogP contribution is 2.53. The fraction of sp³-hybridized carbons (Fsp3) is 0.111. The van der Waals surface area contributed by atoms with Gasteiger partial charge in [0.05, 0.1) is 71.1 Å². The van der Waals surface area contributed by atoms with Gasteiger partial charge in [0.25, 0.3) is 0 Å². The van der Waals surface area contributed by atoms with E-state index in [2.05, 4.69) is 242 Å². The molecule has 0 radical (unpaired) electrons. The first-order valence-corrected chi connectivity index (χ1v) is 28.9. The molecule has 0 amide bonds. The van der Waals surface area contributed by atoms with E-state index in [0.29, 0.717) is 45.3 Å². The van der Waals surface area contributed by atoms with Gasteiger partial charge < -0.3 is 18.6 Å². The molecule has 14 aromatic rings. The molecule has 0 aliphatic carbocycles. The number of para-hydroxylation sites is 4. The van der Waals surface area contributed by atoms with Gasteiger partial charge in [0.1, 0.15) is 23.3 Å². The summed E-state index contributed by atoms with van der Waals surface area (Å²) in [5.41, 5.74) is 12.0. The van der Waals surface area contributed by atoms with Crippen molar-refractivity contribution in [3.05, 3.63) is 234 Å².